The highest BCUT2D eigenvalue weighted by atomic mass is 35.5. The summed E-state index contributed by atoms with van der Waals surface area (Å²) in [4.78, 5) is 17.3. The molecule has 0 saturated carbocycles. The van der Waals surface area contributed by atoms with E-state index in [4.69, 9.17) is 11.6 Å². The predicted molar refractivity (Wildman–Crippen MR) is 80.1 cm³/mol. The van der Waals surface area contributed by atoms with Gasteiger partial charge in [-0.3, -0.25) is 4.79 Å². The molecule has 1 aromatic heterocycles. The van der Waals surface area contributed by atoms with Crippen LogP contribution in [-0.2, 0) is 7.05 Å². The number of hydrogen-bond donors (Lipinski definition) is 0. The molecule has 0 spiro atoms. The summed E-state index contributed by atoms with van der Waals surface area (Å²) in [6.07, 6.45) is 6.48. The fourth-order valence-electron chi connectivity index (χ4n) is 3.75. The maximum Gasteiger partial charge on any atom is 0.270 e. The molecule has 3 rings (SSSR count). The molecule has 0 unspecified atom stereocenters. The van der Waals surface area contributed by atoms with Crippen molar-refractivity contribution >= 4 is 17.5 Å². The van der Waals surface area contributed by atoms with Gasteiger partial charge in [-0.15, -0.1) is 0 Å². The number of aromatic nitrogens is 1. The fourth-order valence-corrected chi connectivity index (χ4v) is 4.00. The molecule has 110 valence electrons. The van der Waals surface area contributed by atoms with E-state index in [1.165, 1.54) is 12.8 Å². The number of amides is 1. The Morgan fingerprint density at radius 1 is 1.20 bits per heavy atom. The van der Waals surface area contributed by atoms with Crippen LogP contribution in [0.3, 0.4) is 0 Å². The van der Waals surface area contributed by atoms with Crippen molar-refractivity contribution in [1.29, 1.82) is 0 Å². The molecule has 0 radical (unpaired) electrons. The van der Waals surface area contributed by atoms with Crippen molar-refractivity contribution < 1.29 is 4.79 Å². The normalized spacial score (nSPS) is 27.4. The van der Waals surface area contributed by atoms with Crippen LogP contribution >= 0.6 is 11.6 Å². The van der Waals surface area contributed by atoms with Gasteiger partial charge in [-0.2, -0.15) is 0 Å². The number of nitrogens with zero attached hydrogens (tertiary/aromatic N) is 3. The van der Waals surface area contributed by atoms with E-state index in [0.717, 1.165) is 25.9 Å². The zero-order valence-corrected chi connectivity index (χ0v) is 12.9. The van der Waals surface area contributed by atoms with Crippen LogP contribution in [0.5, 0.6) is 0 Å². The van der Waals surface area contributed by atoms with E-state index < -0.39 is 0 Å². The molecule has 2 saturated heterocycles. The smallest absolute Gasteiger partial charge is 0.270 e. The SMILES string of the molecule is CN1CCC[C@@H]1[C@H]1CCCN1C(=O)c1cc(Cl)cn1C. The molecule has 2 fully saturated rings. The highest BCUT2D eigenvalue weighted by Crippen LogP contribution is 2.30. The second kappa shape index (κ2) is 5.41. The quantitative estimate of drug-likeness (QED) is 0.838. The highest BCUT2D eigenvalue weighted by molar-refractivity contribution is 6.31. The number of rotatable bonds is 2. The third-order valence-electron chi connectivity index (χ3n) is 4.77. The summed E-state index contributed by atoms with van der Waals surface area (Å²) in [5, 5.41) is 0.629. The first-order valence-electron chi connectivity index (χ1n) is 7.41. The number of carbonyl (C=O) groups is 1. The standard InChI is InChI=1S/C15H22ClN3O/c1-17-7-3-5-12(17)13-6-4-8-19(13)15(20)14-9-11(16)10-18(14)2/h9-10,12-13H,3-8H2,1-2H3/t12-,13-/m1/s1. The van der Waals surface area contributed by atoms with Crippen LogP contribution in [0.4, 0.5) is 0 Å². The summed E-state index contributed by atoms with van der Waals surface area (Å²) in [6.45, 7) is 2.02. The summed E-state index contributed by atoms with van der Waals surface area (Å²) in [7, 11) is 4.06. The lowest BCUT2D eigenvalue weighted by molar-refractivity contribution is 0.0655. The minimum Gasteiger partial charge on any atom is -0.345 e. The number of halogens is 1. The van der Waals surface area contributed by atoms with Gasteiger partial charge >= 0.3 is 0 Å². The molecule has 2 atom stereocenters. The van der Waals surface area contributed by atoms with E-state index in [2.05, 4.69) is 16.8 Å². The molecular weight excluding hydrogens is 274 g/mol. The zero-order chi connectivity index (χ0) is 14.3. The van der Waals surface area contributed by atoms with E-state index in [1.54, 1.807) is 12.3 Å². The lowest BCUT2D eigenvalue weighted by Gasteiger charge is -2.33. The molecule has 0 N–H and O–H groups in total. The second-order valence-electron chi connectivity index (χ2n) is 6.05. The van der Waals surface area contributed by atoms with Crippen molar-refractivity contribution in [3.05, 3.63) is 23.0 Å². The maximum atomic E-state index is 12.8. The molecule has 2 aliphatic rings. The topological polar surface area (TPSA) is 28.5 Å². The van der Waals surface area contributed by atoms with Crippen LogP contribution in [0.25, 0.3) is 0 Å². The summed E-state index contributed by atoms with van der Waals surface area (Å²) in [5.74, 6) is 0.127. The van der Waals surface area contributed by atoms with E-state index in [-0.39, 0.29) is 5.91 Å². The second-order valence-corrected chi connectivity index (χ2v) is 6.49. The van der Waals surface area contributed by atoms with Gasteiger partial charge in [0.1, 0.15) is 5.69 Å². The van der Waals surface area contributed by atoms with E-state index in [1.807, 2.05) is 11.6 Å². The first-order chi connectivity index (χ1) is 9.58. The van der Waals surface area contributed by atoms with Crippen LogP contribution in [0, 0.1) is 0 Å². The van der Waals surface area contributed by atoms with E-state index >= 15 is 0 Å². The first kappa shape index (κ1) is 14.0. The summed E-state index contributed by atoms with van der Waals surface area (Å²) in [6, 6.07) is 2.67. The maximum absolute atomic E-state index is 12.8. The van der Waals surface area contributed by atoms with Gasteiger partial charge in [0.15, 0.2) is 0 Å². The third-order valence-corrected chi connectivity index (χ3v) is 4.98. The Morgan fingerprint density at radius 3 is 2.50 bits per heavy atom. The van der Waals surface area contributed by atoms with Crippen LogP contribution in [0.2, 0.25) is 5.02 Å². The number of aryl methyl sites for hydroxylation is 1. The number of likely N-dealkylation sites (N-methyl/N-ethyl adjacent to an activating group) is 1. The Hall–Kier alpha value is -1.00. The molecule has 20 heavy (non-hydrogen) atoms. The van der Waals surface area contributed by atoms with Crippen molar-refractivity contribution in [3.8, 4) is 0 Å². The number of carbonyl (C=O) groups excluding carboxylic acids is 1. The van der Waals surface area contributed by atoms with Gasteiger partial charge in [-0.05, 0) is 45.3 Å². The highest BCUT2D eigenvalue weighted by Gasteiger charge is 2.39. The Bertz CT molecular complexity index is 513. The van der Waals surface area contributed by atoms with Crippen LogP contribution in [0.1, 0.15) is 36.2 Å². The Balaban J connectivity index is 1.81. The van der Waals surface area contributed by atoms with Crippen molar-refractivity contribution in [3.63, 3.8) is 0 Å². The van der Waals surface area contributed by atoms with Gasteiger partial charge < -0.3 is 14.4 Å². The van der Waals surface area contributed by atoms with Gasteiger partial charge in [-0.1, -0.05) is 11.6 Å². The van der Waals surface area contributed by atoms with Gasteiger partial charge in [0, 0.05) is 31.9 Å². The monoisotopic (exact) mass is 295 g/mol. The van der Waals surface area contributed by atoms with Crippen LogP contribution in [-0.4, -0.2) is 52.5 Å². The minimum atomic E-state index is 0.127. The summed E-state index contributed by atoms with van der Waals surface area (Å²) < 4.78 is 1.83. The zero-order valence-electron chi connectivity index (χ0n) is 12.2. The van der Waals surface area contributed by atoms with Gasteiger partial charge in [0.05, 0.1) is 5.02 Å². The van der Waals surface area contributed by atoms with Crippen LogP contribution < -0.4 is 0 Å². The lowest BCUT2D eigenvalue weighted by Crippen LogP contribution is -2.47. The fraction of sp³-hybridized carbons (Fsp3) is 0.667. The Labute approximate surface area is 125 Å². The van der Waals surface area contributed by atoms with Crippen molar-refractivity contribution in [2.24, 2.45) is 7.05 Å². The Kier molecular flexibility index (Phi) is 3.78. The van der Waals surface area contributed by atoms with Crippen LogP contribution in [0.15, 0.2) is 12.3 Å². The van der Waals surface area contributed by atoms with Crippen molar-refractivity contribution in [2.45, 2.75) is 37.8 Å². The molecule has 0 aliphatic carbocycles. The average Bonchev–Trinajstić information content (AvgIpc) is 3.08. The number of hydrogen-bond acceptors (Lipinski definition) is 2. The molecule has 4 nitrogen and oxygen atoms in total. The van der Waals surface area contributed by atoms with Crippen molar-refractivity contribution in [2.75, 3.05) is 20.1 Å². The third kappa shape index (κ3) is 2.35. The van der Waals surface area contributed by atoms with Gasteiger partial charge in [0.2, 0.25) is 0 Å². The van der Waals surface area contributed by atoms with Gasteiger partial charge in [-0.25, -0.2) is 0 Å². The molecule has 2 aliphatic heterocycles. The lowest BCUT2D eigenvalue weighted by atomic mass is 10.0. The Morgan fingerprint density at radius 2 is 1.90 bits per heavy atom. The largest absolute Gasteiger partial charge is 0.345 e. The summed E-state index contributed by atoms with van der Waals surface area (Å²) >= 11 is 6.00. The molecule has 3 heterocycles. The first-order valence-corrected chi connectivity index (χ1v) is 7.79. The average molecular weight is 296 g/mol. The molecular formula is C15H22ClN3O. The summed E-state index contributed by atoms with van der Waals surface area (Å²) in [5.41, 5.74) is 0.697. The molecule has 1 amide bonds. The van der Waals surface area contributed by atoms with Crippen molar-refractivity contribution in [1.82, 2.24) is 14.4 Å². The van der Waals surface area contributed by atoms with E-state index in [0.29, 0.717) is 22.8 Å². The molecule has 0 bridgehead atoms. The predicted octanol–water partition coefficient (Wildman–Crippen LogP) is 2.38. The van der Waals surface area contributed by atoms with Gasteiger partial charge in [0.25, 0.3) is 5.91 Å². The molecule has 1 aromatic rings. The minimum absolute atomic E-state index is 0.127. The molecule has 0 aromatic carbocycles. The number of likely N-dealkylation sites (tertiary alicyclic amines) is 2. The van der Waals surface area contributed by atoms with E-state index in [9.17, 15) is 4.79 Å². The molecule has 5 heteroatoms.